The van der Waals surface area contributed by atoms with Gasteiger partial charge in [0.05, 0.1) is 44.2 Å². The molecule has 0 fully saturated rings. The molecule has 0 N–H and O–H groups in total. The summed E-state index contributed by atoms with van der Waals surface area (Å²) in [5.41, 5.74) is 17.6. The molecule has 1 aliphatic carbocycles. The quantitative estimate of drug-likeness (QED) is 0.0392. The Hall–Kier alpha value is -6.91. The first-order valence-corrected chi connectivity index (χ1v) is 35.3. The highest BCUT2D eigenvalue weighted by Gasteiger charge is 2.44. The highest BCUT2D eigenvalue weighted by atomic mass is 79.9. The Morgan fingerprint density at radius 3 is 1.14 bits per heavy atom. The van der Waals surface area contributed by atoms with Crippen molar-refractivity contribution in [3.63, 3.8) is 0 Å². The van der Waals surface area contributed by atoms with Gasteiger partial charge in [-0.25, -0.2) is 0 Å². The summed E-state index contributed by atoms with van der Waals surface area (Å²) < 4.78 is 27.0. The summed E-state index contributed by atoms with van der Waals surface area (Å²) >= 11 is 4.00. The molecule has 0 saturated heterocycles. The van der Waals surface area contributed by atoms with E-state index in [1.165, 1.54) is 110 Å². The van der Waals surface area contributed by atoms with E-state index >= 15 is 0 Å². The van der Waals surface area contributed by atoms with Crippen molar-refractivity contribution in [2.45, 2.75) is 189 Å². The van der Waals surface area contributed by atoms with Crippen LogP contribution in [0.15, 0.2) is 174 Å². The molecule has 5 unspecified atom stereocenters. The van der Waals surface area contributed by atoms with E-state index in [1.807, 2.05) is 6.07 Å². The molecule has 0 saturated carbocycles. The molecule has 9 rings (SSSR count). The largest absolute Gasteiger partial charge is 0.493 e. The number of nitriles is 1. The highest BCUT2D eigenvalue weighted by molar-refractivity contribution is 9.10. The van der Waals surface area contributed by atoms with Gasteiger partial charge in [-0.1, -0.05) is 239 Å². The molecule has 5 atom stereocenters. The van der Waals surface area contributed by atoms with E-state index in [0.29, 0.717) is 42.8 Å². The van der Waals surface area contributed by atoms with Crippen molar-refractivity contribution >= 4 is 15.9 Å². The second kappa shape index (κ2) is 34.0. The molecule has 6 heteroatoms. The van der Waals surface area contributed by atoms with Crippen LogP contribution in [0.2, 0.25) is 0 Å². The van der Waals surface area contributed by atoms with Crippen molar-refractivity contribution in [2.24, 2.45) is 17.8 Å². The van der Waals surface area contributed by atoms with Gasteiger partial charge in [0.1, 0.15) is 17.2 Å². The lowest BCUT2D eigenvalue weighted by Crippen LogP contribution is -2.31. The first-order valence-electron chi connectivity index (χ1n) is 34.6. The summed E-state index contributed by atoms with van der Waals surface area (Å²) in [6.07, 6.45) is 20.3. The molecule has 0 heterocycles. The van der Waals surface area contributed by atoms with E-state index in [4.69, 9.17) is 18.9 Å². The summed E-state index contributed by atoms with van der Waals surface area (Å²) in [6.45, 7) is 20.9. The lowest BCUT2D eigenvalue weighted by atomic mass is 9.68. The van der Waals surface area contributed by atoms with E-state index in [0.717, 1.165) is 118 Å². The first kappa shape index (κ1) is 67.5. The number of unbranched alkanes of at least 4 members (excludes halogenated alkanes) is 4. The van der Waals surface area contributed by atoms with E-state index in [1.54, 1.807) is 0 Å². The van der Waals surface area contributed by atoms with Crippen LogP contribution >= 0.6 is 15.9 Å². The fourth-order valence-corrected chi connectivity index (χ4v) is 13.7. The van der Waals surface area contributed by atoms with Crippen LogP contribution < -0.4 is 14.2 Å². The van der Waals surface area contributed by atoms with Crippen LogP contribution in [0, 0.1) is 29.1 Å². The molecule has 1 aliphatic rings. The van der Waals surface area contributed by atoms with Crippen molar-refractivity contribution in [3.05, 3.63) is 208 Å². The molecule has 90 heavy (non-hydrogen) atoms. The standard InChI is InChI=1S/C84H100BrNO4/c1-9-17-21-60(13-5)56-88-77-37-30-68(31-38-77)72-46-65(45-71(50-72)67-28-25-63(26-29-67)59-87-76(16-8)24-20-12-4)53-84(82-49-64(55-86)27-43-80(82)81-44-36-75(85)52-83(81)84)54-66-47-73(69-32-39-78(40-33-69)89-57-61(14-6)22-18-10-2)51-74(48-66)70-34-41-79(42-35-70)90-58-62(15-7)23-19-11-3/h25-52,60-62,76H,9-24,53-54,56-59H2,1-8H3. The van der Waals surface area contributed by atoms with Gasteiger partial charge in [0.2, 0.25) is 0 Å². The average molecular weight is 1270 g/mol. The zero-order valence-corrected chi connectivity index (χ0v) is 57.1. The van der Waals surface area contributed by atoms with Crippen LogP contribution in [-0.4, -0.2) is 25.9 Å². The molecule has 0 spiro atoms. The van der Waals surface area contributed by atoms with E-state index in [9.17, 15) is 5.26 Å². The maximum atomic E-state index is 10.7. The van der Waals surface area contributed by atoms with Crippen LogP contribution in [-0.2, 0) is 29.6 Å². The normalized spacial score (nSPS) is 14.7. The molecule has 5 nitrogen and oxygen atoms in total. The zero-order valence-electron chi connectivity index (χ0n) is 55.5. The minimum absolute atomic E-state index is 0.266. The smallest absolute Gasteiger partial charge is 0.119 e. The fourth-order valence-electron chi connectivity index (χ4n) is 13.3. The second-order valence-electron chi connectivity index (χ2n) is 25.8. The Labute approximate surface area is 550 Å². The summed E-state index contributed by atoms with van der Waals surface area (Å²) in [6, 6.07) is 65.4. The van der Waals surface area contributed by atoms with Crippen molar-refractivity contribution in [1.29, 1.82) is 5.26 Å². The van der Waals surface area contributed by atoms with Crippen LogP contribution in [0.4, 0.5) is 0 Å². The number of halogens is 1. The number of hydrogen-bond donors (Lipinski definition) is 0. The number of fused-ring (bicyclic) bond motifs is 3. The predicted octanol–water partition coefficient (Wildman–Crippen LogP) is 24.0. The number of ether oxygens (including phenoxy) is 4. The minimum atomic E-state index is -0.607. The molecule has 0 aromatic heterocycles. The third-order valence-corrected chi connectivity index (χ3v) is 19.7. The Kier molecular flexibility index (Phi) is 25.5. The van der Waals surface area contributed by atoms with E-state index in [2.05, 4.69) is 241 Å². The topological polar surface area (TPSA) is 60.7 Å². The fraction of sp³-hybridized carbons (Fsp3) is 0.417. The van der Waals surface area contributed by atoms with E-state index in [-0.39, 0.29) is 6.10 Å². The van der Waals surface area contributed by atoms with Gasteiger partial charge in [0.15, 0.2) is 0 Å². The molecule has 0 radical (unpaired) electrons. The summed E-state index contributed by atoms with van der Waals surface area (Å²) in [7, 11) is 0. The minimum Gasteiger partial charge on any atom is -0.493 e. The lowest BCUT2D eigenvalue weighted by molar-refractivity contribution is 0.0312. The van der Waals surface area contributed by atoms with Gasteiger partial charge in [-0.05, 0) is 219 Å². The van der Waals surface area contributed by atoms with Crippen LogP contribution in [0.5, 0.6) is 17.2 Å². The van der Waals surface area contributed by atoms with E-state index < -0.39 is 5.41 Å². The number of benzene rings is 8. The lowest BCUT2D eigenvalue weighted by Gasteiger charge is -2.34. The zero-order chi connectivity index (χ0) is 63.2. The Bertz CT molecular complexity index is 3200. The molecule has 0 bridgehead atoms. The van der Waals surface area contributed by atoms with Gasteiger partial charge in [-0.3, -0.25) is 0 Å². The number of rotatable bonds is 36. The Morgan fingerprint density at radius 1 is 0.389 bits per heavy atom. The van der Waals surface area contributed by atoms with Gasteiger partial charge in [-0.15, -0.1) is 0 Å². The van der Waals surface area contributed by atoms with Gasteiger partial charge >= 0.3 is 0 Å². The SMILES string of the molecule is CCCCC(CC)COc1ccc(-c2cc(CC3(Cc4cc(-c5ccc(OCC(CC)CCCC)cc5)cc(-c5ccc(OCC(CC)CCCC)cc5)c4)c4cc(Br)ccc4-c4ccc(C#N)cc43)cc(-c3ccc(COC(CC)CCCC)cc3)c2)cc1. The molecule has 8 aromatic rings. The summed E-state index contributed by atoms with van der Waals surface area (Å²) in [5, 5.41) is 10.7. The monoisotopic (exact) mass is 1270 g/mol. The predicted molar refractivity (Wildman–Crippen MR) is 382 cm³/mol. The van der Waals surface area contributed by atoms with Gasteiger partial charge in [0, 0.05) is 9.89 Å². The maximum Gasteiger partial charge on any atom is 0.119 e. The summed E-state index contributed by atoms with van der Waals surface area (Å²) in [4.78, 5) is 0. The average Bonchev–Trinajstić information content (AvgIpc) is 1.55. The van der Waals surface area contributed by atoms with Crippen LogP contribution in [0.3, 0.4) is 0 Å². The van der Waals surface area contributed by atoms with Crippen LogP contribution in [0.1, 0.15) is 192 Å². The number of hydrogen-bond acceptors (Lipinski definition) is 5. The van der Waals surface area contributed by atoms with Gasteiger partial charge < -0.3 is 18.9 Å². The van der Waals surface area contributed by atoms with Crippen molar-refractivity contribution in [2.75, 3.05) is 19.8 Å². The molecule has 0 aliphatic heterocycles. The van der Waals surface area contributed by atoms with Crippen molar-refractivity contribution in [1.82, 2.24) is 0 Å². The van der Waals surface area contributed by atoms with Crippen molar-refractivity contribution in [3.8, 4) is 79.0 Å². The molecule has 8 aromatic carbocycles. The number of nitrogens with zero attached hydrogens (tertiary/aromatic N) is 1. The molecular formula is C84H100BrNO4. The Morgan fingerprint density at radius 2 is 0.767 bits per heavy atom. The van der Waals surface area contributed by atoms with Gasteiger partial charge in [0.25, 0.3) is 0 Å². The second-order valence-corrected chi connectivity index (χ2v) is 26.7. The molecular weight excluding hydrogens is 1170 g/mol. The molecule has 0 amide bonds. The van der Waals surface area contributed by atoms with Crippen molar-refractivity contribution < 1.29 is 18.9 Å². The Balaban J connectivity index is 1.16. The first-order chi connectivity index (χ1) is 44.0. The third kappa shape index (κ3) is 17.8. The third-order valence-electron chi connectivity index (χ3n) is 19.2. The molecule has 472 valence electrons. The maximum absolute atomic E-state index is 10.7. The van der Waals surface area contributed by atoms with Crippen LogP contribution in [0.25, 0.3) is 55.6 Å². The summed E-state index contributed by atoms with van der Waals surface area (Å²) in [5.74, 6) is 4.34. The highest BCUT2D eigenvalue weighted by Crippen LogP contribution is 2.54. The van der Waals surface area contributed by atoms with Gasteiger partial charge in [-0.2, -0.15) is 5.26 Å².